The summed E-state index contributed by atoms with van der Waals surface area (Å²) in [6.07, 6.45) is 11.1. The van der Waals surface area contributed by atoms with Crippen LogP contribution in [0, 0.1) is 0 Å². The maximum absolute atomic E-state index is 12.3. The highest BCUT2D eigenvalue weighted by Gasteiger charge is 2.06. The summed E-state index contributed by atoms with van der Waals surface area (Å²) in [5, 5.41) is 12.5. The second-order valence-electron chi connectivity index (χ2n) is 9.57. The second kappa shape index (κ2) is 17.1. The average Bonchev–Trinajstić information content (AvgIpc) is 2.93. The number of nitrogens with zero attached hydrogens (tertiary/aromatic N) is 2. The van der Waals surface area contributed by atoms with E-state index >= 15 is 0 Å². The van der Waals surface area contributed by atoms with E-state index in [-0.39, 0.29) is 45.8 Å². The Balaban J connectivity index is 0.00000294. The molecule has 0 saturated carbocycles. The number of aryl methyl sites for hydroxylation is 2. The van der Waals surface area contributed by atoms with E-state index in [0.29, 0.717) is 12.8 Å². The Morgan fingerprint density at radius 2 is 0.780 bits per heavy atom. The fourth-order valence-electron chi connectivity index (χ4n) is 3.97. The molecule has 0 unspecified atom stereocenters. The molecule has 216 valence electrons. The zero-order valence-corrected chi connectivity index (χ0v) is 26.4. The van der Waals surface area contributed by atoms with E-state index in [4.69, 9.17) is 0 Å². The van der Waals surface area contributed by atoms with Gasteiger partial charge in [0, 0.05) is 59.9 Å². The Labute approximate surface area is 262 Å². The molecule has 0 aliphatic rings. The zero-order valence-electron chi connectivity index (χ0n) is 23.2. The normalized spacial score (nSPS) is 10.0. The number of carbonyl (C=O) groups excluding carboxylic acids is 2. The molecular formula is C31H36Br2N6O2. The van der Waals surface area contributed by atoms with Crippen LogP contribution in [0.2, 0.25) is 0 Å². The van der Waals surface area contributed by atoms with Crippen LogP contribution >= 0.6 is 0 Å². The standard InChI is InChI=1S/C31H34N6O2.2BrH/c1-36-20-16-28(17-21-36)32-24-8-12-26(13-9-24)34-30(38)6-4-3-5-7-31(39)35-27-14-10-25(11-15-27)33-29-18-22-37(2)23-19-29;;/h8-23H,3-7H2,1-2H3,(H2,34,35,38,39);2*1H. The first kappa shape index (κ1) is 33.4. The van der Waals surface area contributed by atoms with Gasteiger partial charge in [-0.2, -0.15) is 0 Å². The van der Waals surface area contributed by atoms with Gasteiger partial charge in [0.2, 0.25) is 11.8 Å². The first-order valence-corrected chi connectivity index (χ1v) is 13.2. The van der Waals surface area contributed by atoms with Gasteiger partial charge in [-0.3, -0.25) is 9.59 Å². The molecule has 41 heavy (non-hydrogen) atoms. The third kappa shape index (κ3) is 11.7. The van der Waals surface area contributed by atoms with Crippen LogP contribution in [0.1, 0.15) is 32.1 Å². The van der Waals surface area contributed by atoms with Crippen molar-refractivity contribution in [3.8, 4) is 0 Å². The van der Waals surface area contributed by atoms with Gasteiger partial charge in [0.1, 0.15) is 14.1 Å². The average molecular weight is 684 g/mol. The van der Waals surface area contributed by atoms with Crippen molar-refractivity contribution in [1.82, 2.24) is 0 Å². The number of nitrogens with one attached hydrogen (secondary N) is 4. The lowest BCUT2D eigenvalue weighted by molar-refractivity contribution is -0.671. The summed E-state index contributed by atoms with van der Waals surface area (Å²) in [5.41, 5.74) is 5.44. The predicted molar refractivity (Wildman–Crippen MR) is 155 cm³/mol. The number of halogens is 2. The Kier molecular flexibility index (Phi) is 14.0. The van der Waals surface area contributed by atoms with Gasteiger partial charge in [-0.15, -0.1) is 0 Å². The van der Waals surface area contributed by atoms with E-state index in [0.717, 1.165) is 53.4 Å². The lowest BCUT2D eigenvalue weighted by Gasteiger charge is -2.09. The lowest BCUT2D eigenvalue weighted by atomic mass is 10.1. The smallest absolute Gasteiger partial charge is 0.224 e. The number of carbonyl (C=O) groups is 2. The quantitative estimate of drug-likeness (QED) is 0.118. The Bertz CT molecular complexity index is 1260. The number of amides is 2. The van der Waals surface area contributed by atoms with Crippen LogP contribution in [0.15, 0.2) is 97.6 Å². The van der Waals surface area contributed by atoms with Crippen molar-refractivity contribution in [2.24, 2.45) is 14.1 Å². The summed E-state index contributed by atoms with van der Waals surface area (Å²) in [4.78, 5) is 24.6. The first-order chi connectivity index (χ1) is 18.9. The number of rotatable bonds is 12. The minimum absolute atomic E-state index is 0. The number of hydrogen-bond acceptors (Lipinski definition) is 4. The van der Waals surface area contributed by atoms with Crippen molar-refractivity contribution in [3.05, 3.63) is 97.6 Å². The summed E-state index contributed by atoms with van der Waals surface area (Å²) in [6, 6.07) is 23.3. The van der Waals surface area contributed by atoms with E-state index < -0.39 is 0 Å². The maximum Gasteiger partial charge on any atom is 0.224 e. The molecule has 0 fully saturated rings. The third-order valence-corrected chi connectivity index (χ3v) is 6.18. The molecule has 0 bridgehead atoms. The molecule has 0 aliphatic carbocycles. The van der Waals surface area contributed by atoms with E-state index in [1.54, 1.807) is 0 Å². The van der Waals surface area contributed by atoms with Crippen molar-refractivity contribution in [2.75, 3.05) is 21.3 Å². The number of anilines is 6. The molecule has 0 radical (unpaired) electrons. The van der Waals surface area contributed by atoms with Crippen molar-refractivity contribution in [1.29, 1.82) is 0 Å². The predicted octanol–water partition coefficient (Wildman–Crippen LogP) is -0.641. The molecule has 4 rings (SSSR count). The van der Waals surface area contributed by atoms with Gasteiger partial charge in [0.25, 0.3) is 0 Å². The first-order valence-electron chi connectivity index (χ1n) is 13.2. The minimum Gasteiger partial charge on any atom is -1.00 e. The Morgan fingerprint density at radius 1 is 0.488 bits per heavy atom. The molecule has 0 atom stereocenters. The van der Waals surface area contributed by atoms with Crippen LogP contribution in [0.4, 0.5) is 34.1 Å². The van der Waals surface area contributed by atoms with Crippen LogP contribution in [-0.4, -0.2) is 11.8 Å². The van der Waals surface area contributed by atoms with Gasteiger partial charge in [0.05, 0.1) is 11.4 Å². The molecule has 2 aromatic heterocycles. The molecule has 4 N–H and O–H groups in total. The van der Waals surface area contributed by atoms with Gasteiger partial charge < -0.3 is 55.2 Å². The lowest BCUT2D eigenvalue weighted by Crippen LogP contribution is -3.00. The van der Waals surface area contributed by atoms with Crippen LogP contribution in [0.25, 0.3) is 0 Å². The van der Waals surface area contributed by atoms with E-state index in [1.165, 1.54) is 0 Å². The molecule has 2 aromatic carbocycles. The van der Waals surface area contributed by atoms with Gasteiger partial charge in [-0.25, -0.2) is 9.13 Å². The van der Waals surface area contributed by atoms with Crippen molar-refractivity contribution >= 4 is 45.9 Å². The summed E-state index contributed by atoms with van der Waals surface area (Å²) in [6.45, 7) is 0. The Hall–Kier alpha value is -3.76. The van der Waals surface area contributed by atoms with Crippen LogP contribution in [0.5, 0.6) is 0 Å². The van der Waals surface area contributed by atoms with Crippen molar-refractivity contribution in [3.63, 3.8) is 0 Å². The molecular weight excluding hydrogens is 648 g/mol. The molecule has 2 heterocycles. The van der Waals surface area contributed by atoms with Crippen molar-refractivity contribution < 1.29 is 52.7 Å². The van der Waals surface area contributed by atoms with Gasteiger partial charge in [-0.05, 0) is 61.4 Å². The highest BCUT2D eigenvalue weighted by Crippen LogP contribution is 2.20. The highest BCUT2D eigenvalue weighted by molar-refractivity contribution is 5.91. The van der Waals surface area contributed by atoms with Crippen LogP contribution < -0.4 is 64.4 Å². The molecule has 2 amide bonds. The molecule has 4 aromatic rings. The zero-order chi connectivity index (χ0) is 27.5. The van der Waals surface area contributed by atoms with Crippen molar-refractivity contribution in [2.45, 2.75) is 32.1 Å². The van der Waals surface area contributed by atoms with E-state index in [9.17, 15) is 9.59 Å². The van der Waals surface area contributed by atoms with Gasteiger partial charge in [-0.1, -0.05) is 6.42 Å². The topological polar surface area (TPSA) is 90.0 Å². The molecule has 0 saturated heterocycles. The number of hydrogen-bond donors (Lipinski definition) is 4. The largest absolute Gasteiger partial charge is 1.00 e. The third-order valence-electron chi connectivity index (χ3n) is 6.18. The number of unbranched alkanes of at least 4 members (excludes halogenated alkanes) is 2. The van der Waals surface area contributed by atoms with E-state index in [1.807, 2.05) is 121 Å². The Morgan fingerprint density at radius 3 is 1.12 bits per heavy atom. The minimum atomic E-state index is -0.0196. The van der Waals surface area contributed by atoms with Gasteiger partial charge in [0.15, 0.2) is 24.8 Å². The monoisotopic (exact) mass is 682 g/mol. The summed E-state index contributed by atoms with van der Waals surface area (Å²) < 4.78 is 3.95. The summed E-state index contributed by atoms with van der Waals surface area (Å²) in [7, 11) is 3.95. The SMILES string of the molecule is C[n+]1ccc(Nc2ccc(NC(=O)CCCCCC(=O)Nc3ccc(Nc4cc[n+](C)cc4)cc3)cc2)cc1.[Br-].[Br-]. The fraction of sp³-hybridized carbons (Fsp3) is 0.226. The van der Waals surface area contributed by atoms with Gasteiger partial charge >= 0.3 is 0 Å². The molecule has 0 aliphatic heterocycles. The summed E-state index contributed by atoms with van der Waals surface area (Å²) in [5.74, 6) is -0.0392. The second-order valence-corrected chi connectivity index (χ2v) is 9.57. The number of benzene rings is 2. The molecule has 0 spiro atoms. The summed E-state index contributed by atoms with van der Waals surface area (Å²) >= 11 is 0. The highest BCUT2D eigenvalue weighted by atomic mass is 79.9. The molecule has 8 nitrogen and oxygen atoms in total. The van der Waals surface area contributed by atoms with Crippen LogP contribution in [-0.2, 0) is 23.7 Å². The number of pyridine rings is 2. The number of aromatic nitrogens is 2. The van der Waals surface area contributed by atoms with Crippen LogP contribution in [0.3, 0.4) is 0 Å². The van der Waals surface area contributed by atoms with E-state index in [2.05, 4.69) is 21.3 Å². The fourth-order valence-corrected chi connectivity index (χ4v) is 3.97. The maximum atomic E-state index is 12.3. The molecule has 10 heteroatoms.